The van der Waals surface area contributed by atoms with Gasteiger partial charge < -0.3 is 21.1 Å². The van der Waals surface area contributed by atoms with Crippen LogP contribution in [0, 0.1) is 0 Å². The molecule has 21 heavy (non-hydrogen) atoms. The first-order valence-electron chi connectivity index (χ1n) is 8.56. The maximum atomic E-state index is 10.3. The second-order valence-corrected chi connectivity index (χ2v) is 5.68. The van der Waals surface area contributed by atoms with Crippen molar-refractivity contribution < 1.29 is 9.90 Å². The van der Waals surface area contributed by atoms with Crippen molar-refractivity contribution >= 4 is 5.97 Å². The lowest BCUT2D eigenvalue weighted by molar-refractivity contribution is -0.135. The number of unbranched alkanes of at least 4 members (excludes halogenated alkanes) is 7. The van der Waals surface area contributed by atoms with Crippen LogP contribution in [0.4, 0.5) is 0 Å². The Morgan fingerprint density at radius 3 is 2.10 bits per heavy atom. The highest BCUT2D eigenvalue weighted by atomic mass is 16.4. The molecule has 0 saturated carbocycles. The molecule has 0 spiro atoms. The predicted molar refractivity (Wildman–Crippen MR) is 88.6 cm³/mol. The van der Waals surface area contributed by atoms with Crippen molar-refractivity contribution in [1.29, 1.82) is 0 Å². The summed E-state index contributed by atoms with van der Waals surface area (Å²) < 4.78 is 0. The van der Waals surface area contributed by atoms with E-state index in [1.165, 1.54) is 51.4 Å². The van der Waals surface area contributed by atoms with Gasteiger partial charge in [0.05, 0.1) is 12.7 Å². The molecule has 1 atom stereocenters. The molecule has 5 heteroatoms. The molecule has 0 aliphatic heterocycles. The summed E-state index contributed by atoms with van der Waals surface area (Å²) in [6, 6.07) is 0. The average molecular weight is 301 g/mol. The third-order valence-corrected chi connectivity index (χ3v) is 3.51. The normalized spacial score (nSPS) is 12.5. The van der Waals surface area contributed by atoms with Gasteiger partial charge in [-0.1, -0.05) is 51.9 Å². The van der Waals surface area contributed by atoms with E-state index < -0.39 is 5.97 Å². The van der Waals surface area contributed by atoms with E-state index in [1.807, 2.05) is 0 Å². The first-order chi connectivity index (χ1) is 10.2. The Morgan fingerprint density at radius 1 is 0.905 bits per heavy atom. The molecule has 0 rings (SSSR count). The second kappa shape index (κ2) is 15.7. The van der Waals surface area contributed by atoms with E-state index in [9.17, 15) is 4.79 Å². The van der Waals surface area contributed by atoms with Crippen molar-refractivity contribution in [3.8, 4) is 0 Å². The van der Waals surface area contributed by atoms with Gasteiger partial charge in [-0.2, -0.15) is 0 Å². The van der Waals surface area contributed by atoms with Crippen LogP contribution in [0.2, 0.25) is 0 Å². The fraction of sp³-hybridized carbons (Fsp3) is 0.938. The first kappa shape index (κ1) is 20.3. The fourth-order valence-corrected chi connectivity index (χ4v) is 2.22. The Labute approximate surface area is 130 Å². The molecular formula is C16H35N3O2. The van der Waals surface area contributed by atoms with Crippen LogP contribution in [0.15, 0.2) is 0 Å². The lowest BCUT2D eigenvalue weighted by atomic mass is 10.1. The fourth-order valence-electron chi connectivity index (χ4n) is 2.22. The van der Waals surface area contributed by atoms with Crippen LogP contribution >= 0.6 is 0 Å². The van der Waals surface area contributed by atoms with Crippen LogP contribution in [-0.2, 0) is 4.79 Å². The molecule has 0 amide bonds. The van der Waals surface area contributed by atoms with Crippen molar-refractivity contribution in [3.05, 3.63) is 0 Å². The van der Waals surface area contributed by atoms with Crippen LogP contribution in [-0.4, -0.2) is 43.4 Å². The molecule has 0 aromatic rings. The van der Waals surface area contributed by atoms with E-state index in [0.29, 0.717) is 6.54 Å². The van der Waals surface area contributed by atoms with Crippen molar-refractivity contribution in [1.82, 2.24) is 16.0 Å². The van der Waals surface area contributed by atoms with E-state index in [4.69, 9.17) is 5.11 Å². The van der Waals surface area contributed by atoms with Crippen LogP contribution in [0.25, 0.3) is 0 Å². The Balaban J connectivity index is 3.15. The predicted octanol–water partition coefficient (Wildman–Crippen LogP) is 2.33. The highest BCUT2D eigenvalue weighted by Gasteiger charge is 2.00. The van der Waals surface area contributed by atoms with E-state index in [-0.39, 0.29) is 12.7 Å². The zero-order valence-electron chi connectivity index (χ0n) is 13.9. The SMILES string of the molecule is CCCCCCCCCCNC(C)NCCNCC(=O)O. The molecule has 0 aliphatic rings. The molecule has 126 valence electrons. The van der Waals surface area contributed by atoms with Crippen molar-refractivity contribution in [2.45, 2.75) is 71.4 Å². The van der Waals surface area contributed by atoms with Gasteiger partial charge in [0.15, 0.2) is 0 Å². The zero-order valence-corrected chi connectivity index (χ0v) is 13.9. The molecule has 4 N–H and O–H groups in total. The van der Waals surface area contributed by atoms with Crippen LogP contribution in [0.5, 0.6) is 0 Å². The number of nitrogens with one attached hydrogen (secondary N) is 3. The van der Waals surface area contributed by atoms with Crippen LogP contribution in [0.1, 0.15) is 65.2 Å². The molecule has 0 radical (unpaired) electrons. The number of hydrogen-bond acceptors (Lipinski definition) is 4. The lowest BCUT2D eigenvalue weighted by Gasteiger charge is -2.15. The molecule has 1 unspecified atom stereocenters. The summed E-state index contributed by atoms with van der Waals surface area (Å²) >= 11 is 0. The maximum Gasteiger partial charge on any atom is 0.317 e. The van der Waals surface area contributed by atoms with Gasteiger partial charge in [0.1, 0.15) is 0 Å². The molecule has 0 fully saturated rings. The molecule has 5 nitrogen and oxygen atoms in total. The third-order valence-electron chi connectivity index (χ3n) is 3.51. The van der Waals surface area contributed by atoms with Gasteiger partial charge in [0.25, 0.3) is 0 Å². The molecule has 0 bridgehead atoms. The summed E-state index contributed by atoms with van der Waals surface area (Å²) in [5.41, 5.74) is 0. The van der Waals surface area contributed by atoms with Gasteiger partial charge in [-0.05, 0) is 19.9 Å². The summed E-state index contributed by atoms with van der Waals surface area (Å²) in [7, 11) is 0. The minimum Gasteiger partial charge on any atom is -0.480 e. The summed E-state index contributed by atoms with van der Waals surface area (Å²) in [4.78, 5) is 10.3. The number of carboxylic acid groups (broad SMARTS) is 1. The van der Waals surface area contributed by atoms with E-state index >= 15 is 0 Å². The Morgan fingerprint density at radius 2 is 1.48 bits per heavy atom. The topological polar surface area (TPSA) is 73.4 Å². The van der Waals surface area contributed by atoms with Gasteiger partial charge in [-0.3, -0.25) is 4.79 Å². The largest absolute Gasteiger partial charge is 0.480 e. The number of hydrogen-bond donors (Lipinski definition) is 4. The highest BCUT2D eigenvalue weighted by molar-refractivity contribution is 5.68. The summed E-state index contributed by atoms with van der Waals surface area (Å²) in [5.74, 6) is -0.809. The minimum atomic E-state index is -0.809. The van der Waals surface area contributed by atoms with Crippen LogP contribution < -0.4 is 16.0 Å². The monoisotopic (exact) mass is 301 g/mol. The molecule has 0 heterocycles. The second-order valence-electron chi connectivity index (χ2n) is 5.68. The average Bonchev–Trinajstić information content (AvgIpc) is 2.45. The van der Waals surface area contributed by atoms with Crippen molar-refractivity contribution in [3.63, 3.8) is 0 Å². The van der Waals surface area contributed by atoms with E-state index in [2.05, 4.69) is 29.8 Å². The van der Waals surface area contributed by atoms with Gasteiger partial charge >= 0.3 is 5.97 Å². The summed E-state index contributed by atoms with van der Waals surface area (Å²) in [5, 5.41) is 18.1. The van der Waals surface area contributed by atoms with Crippen molar-refractivity contribution in [2.24, 2.45) is 0 Å². The van der Waals surface area contributed by atoms with E-state index in [1.54, 1.807) is 0 Å². The Hall–Kier alpha value is -0.650. The number of aliphatic carboxylic acids is 1. The molecule has 0 aromatic heterocycles. The van der Waals surface area contributed by atoms with Gasteiger partial charge in [0.2, 0.25) is 0 Å². The first-order valence-corrected chi connectivity index (χ1v) is 8.56. The molecule has 0 aliphatic carbocycles. The standard InChI is InChI=1S/C16H35N3O2/c1-3-4-5-6-7-8-9-10-11-18-15(2)19-13-12-17-14-16(20)21/h15,17-19H,3-14H2,1-2H3,(H,20,21). The molecular weight excluding hydrogens is 266 g/mol. The van der Waals surface area contributed by atoms with E-state index in [0.717, 1.165) is 13.1 Å². The maximum absolute atomic E-state index is 10.3. The van der Waals surface area contributed by atoms with Crippen molar-refractivity contribution in [2.75, 3.05) is 26.2 Å². The summed E-state index contributed by atoms with van der Waals surface area (Å²) in [6.45, 7) is 6.88. The Kier molecular flexibility index (Phi) is 15.2. The lowest BCUT2D eigenvalue weighted by Crippen LogP contribution is -2.43. The molecule has 0 aromatic carbocycles. The highest BCUT2D eigenvalue weighted by Crippen LogP contribution is 2.07. The van der Waals surface area contributed by atoms with Gasteiger partial charge in [0, 0.05) is 13.1 Å². The van der Waals surface area contributed by atoms with Crippen LogP contribution in [0.3, 0.4) is 0 Å². The number of rotatable bonds is 16. The zero-order chi connectivity index (χ0) is 15.8. The summed E-state index contributed by atoms with van der Waals surface area (Å²) in [6.07, 6.45) is 11.0. The van der Waals surface area contributed by atoms with Gasteiger partial charge in [-0.25, -0.2) is 0 Å². The number of carbonyl (C=O) groups is 1. The number of carboxylic acids is 1. The molecule has 0 saturated heterocycles. The Bertz CT molecular complexity index is 238. The smallest absolute Gasteiger partial charge is 0.317 e. The minimum absolute atomic E-state index is 0.0295. The third kappa shape index (κ3) is 17.3. The quantitative estimate of drug-likeness (QED) is 0.260. The van der Waals surface area contributed by atoms with Gasteiger partial charge in [-0.15, -0.1) is 0 Å².